The number of amides is 2. The summed E-state index contributed by atoms with van der Waals surface area (Å²) in [6.07, 6.45) is -0.118. The maximum atomic E-state index is 12.7. The van der Waals surface area contributed by atoms with E-state index in [0.717, 1.165) is 11.1 Å². The van der Waals surface area contributed by atoms with Crippen LogP contribution < -0.4 is 10.6 Å². The van der Waals surface area contributed by atoms with Crippen molar-refractivity contribution in [3.05, 3.63) is 65.7 Å². The smallest absolute Gasteiger partial charge is 0.228 e. The summed E-state index contributed by atoms with van der Waals surface area (Å²) in [5, 5.41) is 16.0. The molecule has 3 N–H and O–H groups in total. The molecule has 5 heteroatoms. The van der Waals surface area contributed by atoms with Crippen molar-refractivity contribution in [1.82, 2.24) is 5.32 Å². The molecule has 0 radical (unpaired) electrons. The highest BCUT2D eigenvalue weighted by molar-refractivity contribution is 6.01. The van der Waals surface area contributed by atoms with Crippen LogP contribution in [0.4, 0.5) is 5.69 Å². The van der Waals surface area contributed by atoms with Crippen molar-refractivity contribution in [3.8, 4) is 0 Å². The molecule has 1 aliphatic rings. The molecular weight excluding hydrogens is 316 g/mol. The fourth-order valence-electron chi connectivity index (χ4n) is 3.10. The Morgan fingerprint density at radius 2 is 1.88 bits per heavy atom. The largest absolute Gasteiger partial charge is 0.391 e. The highest BCUT2D eigenvalue weighted by Gasteiger charge is 2.31. The zero-order valence-corrected chi connectivity index (χ0v) is 14.1. The average molecular weight is 338 g/mol. The van der Waals surface area contributed by atoms with Gasteiger partial charge in [-0.3, -0.25) is 9.59 Å². The number of aliphatic hydroxyl groups is 1. The van der Waals surface area contributed by atoms with E-state index in [9.17, 15) is 14.7 Å². The fourth-order valence-corrected chi connectivity index (χ4v) is 3.10. The standard InChI is InChI=1S/C20H22N2O3/c1-13(18(23)11-14-7-3-2-4-8-14)21-20(25)16-12-19(24)22-17-10-6-5-9-15(16)17/h2-10,13,16,18,23H,11-12H2,1H3,(H,21,25)(H,22,24). The van der Waals surface area contributed by atoms with Gasteiger partial charge in [-0.05, 0) is 24.1 Å². The van der Waals surface area contributed by atoms with Gasteiger partial charge in [0.05, 0.1) is 18.1 Å². The predicted molar refractivity (Wildman–Crippen MR) is 96.2 cm³/mol. The third kappa shape index (κ3) is 4.06. The van der Waals surface area contributed by atoms with Crippen LogP contribution in [0.15, 0.2) is 54.6 Å². The van der Waals surface area contributed by atoms with E-state index in [1.807, 2.05) is 48.5 Å². The summed E-state index contributed by atoms with van der Waals surface area (Å²) in [6.45, 7) is 1.78. The van der Waals surface area contributed by atoms with E-state index in [1.165, 1.54) is 0 Å². The number of nitrogens with one attached hydrogen (secondary N) is 2. The van der Waals surface area contributed by atoms with Crippen LogP contribution in [0.2, 0.25) is 0 Å². The molecule has 2 aromatic rings. The van der Waals surface area contributed by atoms with Gasteiger partial charge in [0.2, 0.25) is 11.8 Å². The molecule has 130 valence electrons. The molecule has 2 amide bonds. The number of carbonyl (C=O) groups excluding carboxylic acids is 2. The van der Waals surface area contributed by atoms with Crippen molar-refractivity contribution in [3.63, 3.8) is 0 Å². The Labute approximate surface area is 147 Å². The quantitative estimate of drug-likeness (QED) is 0.782. The summed E-state index contributed by atoms with van der Waals surface area (Å²) in [5.41, 5.74) is 2.50. The van der Waals surface area contributed by atoms with Gasteiger partial charge in [-0.1, -0.05) is 48.5 Å². The average Bonchev–Trinajstić information content (AvgIpc) is 2.61. The van der Waals surface area contributed by atoms with E-state index in [-0.39, 0.29) is 18.2 Å². The molecule has 5 nitrogen and oxygen atoms in total. The first-order valence-electron chi connectivity index (χ1n) is 8.45. The molecule has 0 aromatic heterocycles. The van der Waals surface area contributed by atoms with Crippen molar-refractivity contribution >= 4 is 17.5 Å². The molecule has 0 fully saturated rings. The Bertz CT molecular complexity index is 761. The lowest BCUT2D eigenvalue weighted by molar-refractivity contribution is -0.127. The SMILES string of the molecule is CC(NC(=O)C1CC(=O)Nc2ccccc21)C(O)Cc1ccccc1. The van der Waals surface area contributed by atoms with E-state index in [2.05, 4.69) is 10.6 Å². The number of hydrogen-bond acceptors (Lipinski definition) is 3. The van der Waals surface area contributed by atoms with Crippen LogP contribution in [-0.4, -0.2) is 29.1 Å². The first-order valence-corrected chi connectivity index (χ1v) is 8.45. The molecular formula is C20H22N2O3. The molecule has 0 spiro atoms. The monoisotopic (exact) mass is 338 g/mol. The van der Waals surface area contributed by atoms with Crippen molar-refractivity contribution in [2.24, 2.45) is 0 Å². The van der Waals surface area contributed by atoms with Crippen LogP contribution in [0.3, 0.4) is 0 Å². The molecule has 1 aliphatic heterocycles. The summed E-state index contributed by atoms with van der Waals surface area (Å²) in [5.74, 6) is -0.936. The number of para-hydroxylation sites is 1. The Hall–Kier alpha value is -2.66. The van der Waals surface area contributed by atoms with Crippen LogP contribution >= 0.6 is 0 Å². The molecule has 0 aliphatic carbocycles. The number of hydrogen-bond donors (Lipinski definition) is 3. The van der Waals surface area contributed by atoms with Crippen molar-refractivity contribution in [2.45, 2.75) is 37.8 Å². The second kappa shape index (κ2) is 7.49. The van der Waals surface area contributed by atoms with Gasteiger partial charge in [0.15, 0.2) is 0 Å². The third-order valence-electron chi connectivity index (χ3n) is 4.55. The molecule has 0 bridgehead atoms. The van der Waals surface area contributed by atoms with Gasteiger partial charge in [0.1, 0.15) is 0 Å². The number of benzene rings is 2. The van der Waals surface area contributed by atoms with E-state index >= 15 is 0 Å². The second-order valence-electron chi connectivity index (χ2n) is 6.45. The Morgan fingerprint density at radius 1 is 1.20 bits per heavy atom. The molecule has 25 heavy (non-hydrogen) atoms. The van der Waals surface area contributed by atoms with Crippen LogP contribution in [-0.2, 0) is 16.0 Å². The van der Waals surface area contributed by atoms with Crippen molar-refractivity contribution in [2.75, 3.05) is 5.32 Å². The molecule has 1 heterocycles. The number of carbonyl (C=O) groups is 2. The van der Waals surface area contributed by atoms with Gasteiger partial charge < -0.3 is 15.7 Å². The normalized spacial score (nSPS) is 18.6. The zero-order valence-electron chi connectivity index (χ0n) is 14.1. The second-order valence-corrected chi connectivity index (χ2v) is 6.45. The zero-order chi connectivity index (χ0) is 17.8. The minimum Gasteiger partial charge on any atom is -0.391 e. The highest BCUT2D eigenvalue weighted by Crippen LogP contribution is 2.32. The fraction of sp³-hybridized carbons (Fsp3) is 0.300. The van der Waals surface area contributed by atoms with E-state index < -0.39 is 18.1 Å². The summed E-state index contributed by atoms with van der Waals surface area (Å²) in [4.78, 5) is 24.5. The topological polar surface area (TPSA) is 78.4 Å². The van der Waals surface area contributed by atoms with Crippen LogP contribution in [0.25, 0.3) is 0 Å². The molecule has 0 saturated carbocycles. The van der Waals surface area contributed by atoms with Gasteiger partial charge in [0.25, 0.3) is 0 Å². The Kier molecular flexibility index (Phi) is 5.14. The Morgan fingerprint density at radius 3 is 2.64 bits per heavy atom. The number of fused-ring (bicyclic) bond motifs is 1. The lowest BCUT2D eigenvalue weighted by Crippen LogP contribution is -2.45. The summed E-state index contributed by atoms with van der Waals surface area (Å²) < 4.78 is 0. The lowest BCUT2D eigenvalue weighted by atomic mass is 9.89. The predicted octanol–water partition coefficient (Wildman–Crippen LogP) is 2.22. The lowest BCUT2D eigenvalue weighted by Gasteiger charge is -2.27. The highest BCUT2D eigenvalue weighted by atomic mass is 16.3. The van der Waals surface area contributed by atoms with Crippen molar-refractivity contribution in [1.29, 1.82) is 0 Å². The number of anilines is 1. The van der Waals surface area contributed by atoms with Gasteiger partial charge in [-0.2, -0.15) is 0 Å². The first kappa shape index (κ1) is 17.2. The van der Waals surface area contributed by atoms with E-state index in [0.29, 0.717) is 12.1 Å². The van der Waals surface area contributed by atoms with Crippen LogP contribution in [0, 0.1) is 0 Å². The molecule has 0 saturated heterocycles. The van der Waals surface area contributed by atoms with E-state index in [4.69, 9.17) is 0 Å². The minimum atomic E-state index is -0.695. The summed E-state index contributed by atoms with van der Waals surface area (Å²) >= 11 is 0. The van der Waals surface area contributed by atoms with Crippen LogP contribution in [0.1, 0.15) is 30.4 Å². The number of rotatable bonds is 5. The van der Waals surface area contributed by atoms with E-state index in [1.54, 1.807) is 13.0 Å². The first-order chi connectivity index (χ1) is 12.0. The van der Waals surface area contributed by atoms with Gasteiger partial charge in [-0.15, -0.1) is 0 Å². The van der Waals surface area contributed by atoms with Gasteiger partial charge in [-0.25, -0.2) is 0 Å². The maximum Gasteiger partial charge on any atom is 0.228 e. The maximum absolute atomic E-state index is 12.7. The molecule has 2 aromatic carbocycles. The van der Waals surface area contributed by atoms with Gasteiger partial charge in [0, 0.05) is 18.5 Å². The van der Waals surface area contributed by atoms with Gasteiger partial charge >= 0.3 is 0 Å². The Balaban J connectivity index is 1.66. The van der Waals surface area contributed by atoms with Crippen molar-refractivity contribution < 1.29 is 14.7 Å². The summed E-state index contributed by atoms with van der Waals surface area (Å²) in [6, 6.07) is 16.6. The van der Waals surface area contributed by atoms with Crippen LogP contribution in [0.5, 0.6) is 0 Å². The third-order valence-corrected chi connectivity index (χ3v) is 4.55. The molecule has 3 rings (SSSR count). The molecule has 3 atom stereocenters. The summed E-state index contributed by atoms with van der Waals surface area (Å²) in [7, 11) is 0. The number of aliphatic hydroxyl groups excluding tert-OH is 1. The minimum absolute atomic E-state index is 0.115. The molecule has 3 unspecified atom stereocenters.